The van der Waals surface area contributed by atoms with Crippen LogP contribution in [-0.2, 0) is 17.6 Å². The van der Waals surface area contributed by atoms with E-state index in [-0.39, 0.29) is 34.5 Å². The Kier molecular flexibility index (Phi) is 6.10. The number of Topliss-reactive ketones (excluding diaryl/α,β-unsaturated/α-hetero) is 1. The molecular formula is C31H26O8. The predicted octanol–water partition coefficient (Wildman–Crippen LogP) is 5.01. The molecule has 0 bridgehead atoms. The first kappa shape index (κ1) is 24.7. The number of benzene rings is 3. The maximum absolute atomic E-state index is 12.6. The zero-order chi connectivity index (χ0) is 27.3. The molecule has 3 aromatic carbocycles. The molecule has 1 N–H and O–H groups in total. The van der Waals surface area contributed by atoms with Crippen LogP contribution in [-0.4, -0.2) is 30.1 Å². The zero-order valence-corrected chi connectivity index (χ0v) is 21.5. The van der Waals surface area contributed by atoms with E-state index in [0.29, 0.717) is 23.5 Å². The minimum absolute atomic E-state index is 0.0237. The highest BCUT2D eigenvalue weighted by Crippen LogP contribution is 2.49. The summed E-state index contributed by atoms with van der Waals surface area (Å²) < 4.78 is 22.6. The summed E-state index contributed by atoms with van der Waals surface area (Å²) in [6.07, 6.45) is 1.65. The standard InChI is InChI=1S/C31H26O8/c1-16-13-24(33)38-30-26(16)29(35)27(17(2)32)31-28(30)22(15-25(34)39-31)19-4-6-21(7-5-19)36-11-9-18-3-8-23-20(14-18)10-12-37-23/h3-8,13-14,22,35H,9-12,15H2,1-2H3/t22-/m1/s1. The largest absolute Gasteiger partial charge is 0.506 e. The van der Waals surface area contributed by atoms with Crippen molar-refractivity contribution in [2.24, 2.45) is 0 Å². The van der Waals surface area contributed by atoms with Crippen LogP contribution in [0.15, 0.2) is 57.7 Å². The molecule has 1 aromatic heterocycles. The molecule has 1 atom stereocenters. The van der Waals surface area contributed by atoms with Crippen molar-refractivity contribution in [1.82, 2.24) is 0 Å². The second kappa shape index (κ2) is 9.62. The number of esters is 1. The smallest absolute Gasteiger partial charge is 0.336 e. The molecule has 0 saturated carbocycles. The minimum atomic E-state index is -0.604. The predicted molar refractivity (Wildman–Crippen MR) is 142 cm³/mol. The van der Waals surface area contributed by atoms with Crippen LogP contribution in [0.3, 0.4) is 0 Å². The Morgan fingerprint density at radius 2 is 1.90 bits per heavy atom. The first-order valence-electron chi connectivity index (χ1n) is 12.8. The summed E-state index contributed by atoms with van der Waals surface area (Å²) in [6, 6.07) is 14.8. The summed E-state index contributed by atoms with van der Waals surface area (Å²) >= 11 is 0. The van der Waals surface area contributed by atoms with Crippen LogP contribution in [0.1, 0.15) is 57.4 Å². The number of fused-ring (bicyclic) bond motifs is 4. The van der Waals surface area contributed by atoms with E-state index >= 15 is 0 Å². The van der Waals surface area contributed by atoms with E-state index in [1.165, 1.54) is 24.1 Å². The molecule has 198 valence electrons. The lowest BCUT2D eigenvalue weighted by molar-refractivity contribution is -0.135. The fourth-order valence-corrected chi connectivity index (χ4v) is 5.50. The summed E-state index contributed by atoms with van der Waals surface area (Å²) in [7, 11) is 0. The van der Waals surface area contributed by atoms with E-state index in [4.69, 9.17) is 18.6 Å². The molecule has 3 heterocycles. The van der Waals surface area contributed by atoms with Crippen LogP contribution in [0.5, 0.6) is 23.0 Å². The van der Waals surface area contributed by atoms with Crippen molar-refractivity contribution in [2.45, 2.75) is 39.0 Å². The van der Waals surface area contributed by atoms with Gasteiger partial charge < -0.3 is 23.7 Å². The number of carbonyl (C=O) groups is 2. The third-order valence-electron chi connectivity index (χ3n) is 7.33. The van der Waals surface area contributed by atoms with Crippen molar-refractivity contribution in [3.05, 3.63) is 92.3 Å². The number of phenolic OH excluding ortho intramolecular Hbond substituents is 1. The van der Waals surface area contributed by atoms with Crippen molar-refractivity contribution < 1.29 is 33.3 Å². The number of aryl methyl sites for hydroxylation is 1. The number of ether oxygens (including phenoxy) is 3. The van der Waals surface area contributed by atoms with Crippen molar-refractivity contribution >= 4 is 22.7 Å². The van der Waals surface area contributed by atoms with E-state index in [1.807, 2.05) is 36.4 Å². The molecular weight excluding hydrogens is 500 g/mol. The molecule has 0 aliphatic carbocycles. The van der Waals surface area contributed by atoms with E-state index in [0.717, 1.165) is 30.8 Å². The molecule has 0 spiro atoms. The molecule has 2 aliphatic heterocycles. The maximum Gasteiger partial charge on any atom is 0.336 e. The fourth-order valence-electron chi connectivity index (χ4n) is 5.50. The fraction of sp³-hybridized carbons (Fsp3) is 0.258. The van der Waals surface area contributed by atoms with Crippen LogP contribution >= 0.6 is 0 Å². The molecule has 0 fully saturated rings. The van der Waals surface area contributed by atoms with Gasteiger partial charge in [0.15, 0.2) is 11.5 Å². The van der Waals surface area contributed by atoms with Gasteiger partial charge in [-0.1, -0.05) is 24.3 Å². The number of hydrogen-bond acceptors (Lipinski definition) is 8. The molecule has 2 aliphatic rings. The first-order valence-corrected chi connectivity index (χ1v) is 12.8. The molecule has 8 nitrogen and oxygen atoms in total. The second-order valence-corrected chi connectivity index (χ2v) is 9.91. The molecule has 4 aromatic rings. The number of rotatable bonds is 6. The van der Waals surface area contributed by atoms with Crippen LogP contribution in [0.2, 0.25) is 0 Å². The van der Waals surface area contributed by atoms with Gasteiger partial charge in [-0.05, 0) is 54.3 Å². The average Bonchev–Trinajstić information content (AvgIpc) is 3.36. The number of ketones is 1. The molecule has 39 heavy (non-hydrogen) atoms. The monoisotopic (exact) mass is 526 g/mol. The van der Waals surface area contributed by atoms with Crippen molar-refractivity contribution in [2.75, 3.05) is 13.2 Å². The van der Waals surface area contributed by atoms with Gasteiger partial charge in [-0.25, -0.2) is 4.79 Å². The summed E-state index contributed by atoms with van der Waals surface area (Å²) in [6.45, 7) is 4.16. The Bertz CT molecular complexity index is 1700. The Labute approximate surface area is 223 Å². The van der Waals surface area contributed by atoms with Gasteiger partial charge in [0.25, 0.3) is 0 Å². The van der Waals surface area contributed by atoms with E-state index in [9.17, 15) is 19.5 Å². The van der Waals surface area contributed by atoms with Crippen molar-refractivity contribution in [3.8, 4) is 23.0 Å². The van der Waals surface area contributed by atoms with E-state index < -0.39 is 23.3 Å². The van der Waals surface area contributed by atoms with Crippen LogP contribution in [0.4, 0.5) is 0 Å². The normalized spacial score (nSPS) is 15.8. The van der Waals surface area contributed by atoms with Gasteiger partial charge in [0.2, 0.25) is 0 Å². The number of hydrogen-bond donors (Lipinski definition) is 1. The quantitative estimate of drug-likeness (QED) is 0.162. The SMILES string of the molecule is CC(=O)c1c2c(c3oc(=O)cc(C)c3c1O)[C@@H](c1ccc(OCCc3ccc4c(c3)CCO4)cc1)CC(=O)O2. The Morgan fingerprint density at radius 1 is 1.10 bits per heavy atom. The van der Waals surface area contributed by atoms with Crippen LogP contribution in [0.25, 0.3) is 11.0 Å². The van der Waals surface area contributed by atoms with Gasteiger partial charge in [-0.2, -0.15) is 0 Å². The van der Waals surface area contributed by atoms with Crippen LogP contribution in [0, 0.1) is 6.92 Å². The maximum atomic E-state index is 12.6. The first-order chi connectivity index (χ1) is 18.8. The zero-order valence-electron chi connectivity index (χ0n) is 21.5. The van der Waals surface area contributed by atoms with Crippen LogP contribution < -0.4 is 19.8 Å². The summed E-state index contributed by atoms with van der Waals surface area (Å²) in [5.74, 6) is -0.392. The Morgan fingerprint density at radius 3 is 2.67 bits per heavy atom. The highest BCUT2D eigenvalue weighted by atomic mass is 16.5. The lowest BCUT2D eigenvalue weighted by Gasteiger charge is -2.28. The lowest BCUT2D eigenvalue weighted by atomic mass is 9.83. The highest BCUT2D eigenvalue weighted by molar-refractivity contribution is 6.09. The topological polar surface area (TPSA) is 112 Å². The van der Waals surface area contributed by atoms with Gasteiger partial charge in [-0.3, -0.25) is 9.59 Å². The van der Waals surface area contributed by atoms with Gasteiger partial charge >= 0.3 is 11.6 Å². The molecule has 6 rings (SSSR count). The van der Waals surface area contributed by atoms with Gasteiger partial charge in [-0.15, -0.1) is 0 Å². The summed E-state index contributed by atoms with van der Waals surface area (Å²) in [4.78, 5) is 37.5. The lowest BCUT2D eigenvalue weighted by Crippen LogP contribution is -2.23. The summed E-state index contributed by atoms with van der Waals surface area (Å²) in [5.41, 5.74) is 3.41. The van der Waals surface area contributed by atoms with Gasteiger partial charge in [0.05, 0.1) is 25.0 Å². The average molecular weight is 527 g/mol. The van der Waals surface area contributed by atoms with Gasteiger partial charge in [0.1, 0.15) is 28.4 Å². The van der Waals surface area contributed by atoms with Crippen molar-refractivity contribution in [1.29, 1.82) is 0 Å². The number of aromatic hydroxyl groups is 1. The highest BCUT2D eigenvalue weighted by Gasteiger charge is 2.37. The second-order valence-electron chi connectivity index (χ2n) is 9.91. The molecule has 0 radical (unpaired) electrons. The molecule has 0 saturated heterocycles. The Hall–Kier alpha value is -4.59. The third-order valence-corrected chi connectivity index (χ3v) is 7.33. The van der Waals surface area contributed by atoms with Crippen molar-refractivity contribution in [3.63, 3.8) is 0 Å². The van der Waals surface area contributed by atoms with E-state index in [2.05, 4.69) is 6.07 Å². The van der Waals surface area contributed by atoms with E-state index in [1.54, 1.807) is 6.92 Å². The number of carbonyl (C=O) groups excluding carboxylic acids is 2. The minimum Gasteiger partial charge on any atom is -0.506 e. The number of phenols is 1. The molecule has 0 unspecified atom stereocenters. The summed E-state index contributed by atoms with van der Waals surface area (Å²) in [5, 5.41) is 11.2. The van der Waals surface area contributed by atoms with Gasteiger partial charge in [0, 0.05) is 30.4 Å². The Balaban J connectivity index is 1.31. The third kappa shape index (κ3) is 4.41. The molecule has 0 amide bonds. The molecule has 8 heteroatoms.